The molecule has 1 saturated carbocycles. The summed E-state index contributed by atoms with van der Waals surface area (Å²) in [6.07, 6.45) is 3.87. The predicted molar refractivity (Wildman–Crippen MR) is 111 cm³/mol. The molecule has 1 fully saturated rings. The summed E-state index contributed by atoms with van der Waals surface area (Å²) in [5.41, 5.74) is -0.595. The molecule has 1 aliphatic carbocycles. The van der Waals surface area contributed by atoms with Crippen LogP contribution in [0.5, 0.6) is 0 Å². The second-order valence-corrected chi connectivity index (χ2v) is 8.67. The maximum Gasteiger partial charge on any atom is 0.109 e. The fourth-order valence-corrected chi connectivity index (χ4v) is 5.12. The molecule has 4 nitrogen and oxygen atoms in total. The maximum atomic E-state index is 11.0. The number of rotatable bonds is 12. The highest BCUT2D eigenvalue weighted by Crippen LogP contribution is 2.46. The maximum absolute atomic E-state index is 11.0. The summed E-state index contributed by atoms with van der Waals surface area (Å²) in [6.45, 7) is 7.78. The summed E-state index contributed by atoms with van der Waals surface area (Å²) in [6, 6.07) is 9.97. The lowest BCUT2D eigenvalue weighted by Crippen LogP contribution is -2.35. The number of hydrogen-bond acceptors (Lipinski definition) is 5. The van der Waals surface area contributed by atoms with Crippen LogP contribution in [0.1, 0.15) is 46.5 Å². The summed E-state index contributed by atoms with van der Waals surface area (Å²) in [7, 11) is 0. The quantitative estimate of drug-likeness (QED) is 0.313. The molecule has 0 saturated heterocycles. The zero-order valence-electron chi connectivity index (χ0n) is 16.9. The zero-order chi connectivity index (χ0) is 19.6. The fourth-order valence-electron chi connectivity index (χ4n) is 3.96. The molecule has 1 aliphatic rings. The topological polar surface area (TPSA) is 58.9 Å². The van der Waals surface area contributed by atoms with Crippen molar-refractivity contribution < 1.29 is 19.7 Å². The largest absolute Gasteiger partial charge is 0.396 e. The van der Waals surface area contributed by atoms with E-state index in [2.05, 4.69) is 20.8 Å². The molecule has 1 aromatic rings. The van der Waals surface area contributed by atoms with Gasteiger partial charge in [0.2, 0.25) is 0 Å². The molecular weight excluding hydrogens is 360 g/mol. The molecule has 0 radical (unpaired) electrons. The Labute approximate surface area is 168 Å². The predicted octanol–water partition coefficient (Wildman–Crippen LogP) is 4.34. The van der Waals surface area contributed by atoms with Gasteiger partial charge in [0, 0.05) is 29.9 Å². The van der Waals surface area contributed by atoms with E-state index >= 15 is 0 Å². The number of thioether (sulfide) groups is 1. The van der Waals surface area contributed by atoms with Crippen LogP contribution >= 0.6 is 11.8 Å². The van der Waals surface area contributed by atoms with E-state index in [1.165, 1.54) is 11.8 Å². The van der Waals surface area contributed by atoms with Gasteiger partial charge in [-0.2, -0.15) is 0 Å². The first-order valence-corrected chi connectivity index (χ1v) is 11.3. The highest BCUT2D eigenvalue weighted by molar-refractivity contribution is 7.99. The summed E-state index contributed by atoms with van der Waals surface area (Å²) in [5, 5.41) is 21.1. The summed E-state index contributed by atoms with van der Waals surface area (Å²) < 4.78 is 12.4. The minimum absolute atomic E-state index is 0.0249. The molecule has 0 spiro atoms. The Hall–Kier alpha value is -0.590. The molecule has 154 valence electrons. The normalized spacial score (nSPS) is 29.1. The van der Waals surface area contributed by atoms with Gasteiger partial charge < -0.3 is 19.7 Å². The number of ether oxygens (including phenoxy) is 2. The second-order valence-electron chi connectivity index (χ2n) is 7.48. The van der Waals surface area contributed by atoms with Crippen molar-refractivity contribution in [3.63, 3.8) is 0 Å². The summed E-state index contributed by atoms with van der Waals surface area (Å²) >= 11 is 1.47. The van der Waals surface area contributed by atoms with E-state index < -0.39 is 5.44 Å². The van der Waals surface area contributed by atoms with Gasteiger partial charge in [-0.1, -0.05) is 63.6 Å². The van der Waals surface area contributed by atoms with Crippen LogP contribution < -0.4 is 0 Å². The average Bonchev–Trinajstić information content (AvgIpc) is 2.94. The molecule has 1 aromatic carbocycles. The van der Waals surface area contributed by atoms with Crippen molar-refractivity contribution in [1.29, 1.82) is 0 Å². The van der Waals surface area contributed by atoms with Gasteiger partial charge in [-0.25, -0.2) is 0 Å². The fraction of sp³-hybridized carbons (Fsp3) is 0.727. The molecule has 6 atom stereocenters. The number of benzene rings is 1. The first-order valence-electron chi connectivity index (χ1n) is 10.4. The molecule has 2 N–H and O–H groups in total. The monoisotopic (exact) mass is 396 g/mol. The van der Waals surface area contributed by atoms with Gasteiger partial charge in [0.15, 0.2) is 0 Å². The lowest BCUT2D eigenvalue weighted by molar-refractivity contribution is -0.0591. The van der Waals surface area contributed by atoms with Gasteiger partial charge in [0.1, 0.15) is 5.44 Å². The van der Waals surface area contributed by atoms with Gasteiger partial charge in [0.05, 0.1) is 18.8 Å². The Kier molecular flexibility index (Phi) is 10.2. The van der Waals surface area contributed by atoms with Gasteiger partial charge in [-0.15, -0.1) is 0 Å². The standard InChI is InChI=1S/C22H36O4S/c1-4-6-13-25-20-16(3)19(21(18(20)15-23)26-14-7-5-2)22(24)27-17-11-9-8-10-12-17/h8-12,16,18-24H,4-7,13-15H2,1-3H3/t16?,18?,19-,20-,21?,22+/m0/s1. The van der Waals surface area contributed by atoms with E-state index in [0.29, 0.717) is 13.2 Å². The minimum Gasteiger partial charge on any atom is -0.396 e. The number of unbranched alkanes of at least 4 members (excludes halogenated alkanes) is 2. The Bertz CT molecular complexity index is 512. The van der Waals surface area contributed by atoms with Crippen molar-refractivity contribution in [2.45, 2.75) is 69.0 Å². The molecule has 5 heteroatoms. The molecule has 2 rings (SSSR count). The van der Waals surface area contributed by atoms with Gasteiger partial charge in [-0.05, 0) is 30.9 Å². The van der Waals surface area contributed by atoms with Gasteiger partial charge >= 0.3 is 0 Å². The number of hydrogen-bond donors (Lipinski definition) is 2. The average molecular weight is 397 g/mol. The molecule has 0 bridgehead atoms. The Balaban J connectivity index is 2.14. The van der Waals surface area contributed by atoms with Crippen LogP contribution in [0.4, 0.5) is 0 Å². The lowest BCUT2D eigenvalue weighted by atomic mass is 9.96. The molecule has 27 heavy (non-hydrogen) atoms. The van der Waals surface area contributed by atoms with Crippen molar-refractivity contribution >= 4 is 11.8 Å². The van der Waals surface area contributed by atoms with Crippen LogP contribution in [-0.4, -0.2) is 47.7 Å². The van der Waals surface area contributed by atoms with Gasteiger partial charge in [0.25, 0.3) is 0 Å². The lowest BCUT2D eigenvalue weighted by Gasteiger charge is -2.29. The first-order chi connectivity index (χ1) is 13.1. The second kappa shape index (κ2) is 12.1. The Morgan fingerprint density at radius 1 is 1.00 bits per heavy atom. The third kappa shape index (κ3) is 6.20. The highest BCUT2D eigenvalue weighted by Gasteiger charge is 2.52. The van der Waals surface area contributed by atoms with Crippen molar-refractivity contribution in [2.75, 3.05) is 19.8 Å². The molecule has 0 aromatic heterocycles. The molecule has 0 amide bonds. The molecule has 3 unspecified atom stereocenters. The summed E-state index contributed by atoms with van der Waals surface area (Å²) in [4.78, 5) is 1.04. The van der Waals surface area contributed by atoms with E-state index in [-0.39, 0.29) is 36.6 Å². The van der Waals surface area contributed by atoms with Crippen molar-refractivity contribution in [2.24, 2.45) is 17.8 Å². The van der Waals surface area contributed by atoms with Crippen LogP contribution in [-0.2, 0) is 9.47 Å². The van der Waals surface area contributed by atoms with Crippen molar-refractivity contribution in [3.05, 3.63) is 30.3 Å². The first kappa shape index (κ1) is 22.7. The van der Waals surface area contributed by atoms with Crippen LogP contribution in [0.25, 0.3) is 0 Å². The Morgan fingerprint density at radius 3 is 2.15 bits per heavy atom. The third-order valence-electron chi connectivity index (χ3n) is 5.51. The SMILES string of the molecule is CCCCOC1C(CO)[C@@H](OCCCC)C(C)[C@@H]1[C@H](O)Sc1ccccc1. The van der Waals surface area contributed by atoms with Crippen molar-refractivity contribution in [3.8, 4) is 0 Å². The number of aliphatic hydroxyl groups is 2. The number of aliphatic hydroxyl groups excluding tert-OH is 2. The van der Waals surface area contributed by atoms with Crippen molar-refractivity contribution in [1.82, 2.24) is 0 Å². The van der Waals surface area contributed by atoms with E-state index in [1.807, 2.05) is 30.3 Å². The van der Waals surface area contributed by atoms with Crippen LogP contribution in [0.3, 0.4) is 0 Å². The minimum atomic E-state index is -0.595. The zero-order valence-corrected chi connectivity index (χ0v) is 17.7. The van der Waals surface area contributed by atoms with Gasteiger partial charge in [-0.3, -0.25) is 0 Å². The highest BCUT2D eigenvalue weighted by atomic mass is 32.2. The van der Waals surface area contributed by atoms with E-state index in [9.17, 15) is 10.2 Å². The molecule has 0 aliphatic heterocycles. The van der Waals surface area contributed by atoms with Crippen LogP contribution in [0.15, 0.2) is 35.2 Å². The van der Waals surface area contributed by atoms with E-state index in [4.69, 9.17) is 9.47 Å². The molecule has 0 heterocycles. The van der Waals surface area contributed by atoms with Crippen LogP contribution in [0, 0.1) is 17.8 Å². The van der Waals surface area contributed by atoms with E-state index in [0.717, 1.165) is 30.6 Å². The Morgan fingerprint density at radius 2 is 1.59 bits per heavy atom. The smallest absolute Gasteiger partial charge is 0.109 e. The van der Waals surface area contributed by atoms with E-state index in [1.54, 1.807) is 0 Å². The van der Waals surface area contributed by atoms with Crippen LogP contribution in [0.2, 0.25) is 0 Å². The molecular formula is C22H36O4S. The summed E-state index contributed by atoms with van der Waals surface area (Å²) in [5.74, 6) is -0.0441. The third-order valence-corrected chi connectivity index (χ3v) is 6.61.